The Labute approximate surface area is 181 Å². The van der Waals surface area contributed by atoms with E-state index in [1.165, 1.54) is 16.7 Å². The molecule has 5 heterocycles. The number of nitrogens with one attached hydrogen (secondary N) is 1. The molecule has 4 aromatic rings. The largest absolute Gasteiger partial charge is 0.417 e. The number of aryl methyl sites for hydroxylation is 1. The summed E-state index contributed by atoms with van der Waals surface area (Å²) in [5.74, 6) is 0.478. The SMILES string of the molecule is Cc1n[nH]cc1C1CN(c2nccc(-c3cnc4ccc(C(F)(F)F)cn34)n2)CC(C)O1. The molecule has 0 amide bonds. The lowest BCUT2D eigenvalue weighted by Gasteiger charge is -2.36. The van der Waals surface area contributed by atoms with Crippen molar-refractivity contribution in [2.75, 3.05) is 18.0 Å². The predicted molar refractivity (Wildman–Crippen MR) is 110 cm³/mol. The summed E-state index contributed by atoms with van der Waals surface area (Å²) >= 11 is 0. The summed E-state index contributed by atoms with van der Waals surface area (Å²) in [6.07, 6.45) is 1.26. The van der Waals surface area contributed by atoms with Gasteiger partial charge in [0.25, 0.3) is 0 Å². The molecule has 0 bridgehead atoms. The van der Waals surface area contributed by atoms with Gasteiger partial charge in [0.1, 0.15) is 11.8 Å². The van der Waals surface area contributed by atoms with Crippen molar-refractivity contribution in [3.05, 3.63) is 59.8 Å². The molecule has 2 unspecified atom stereocenters. The molecule has 32 heavy (non-hydrogen) atoms. The van der Waals surface area contributed by atoms with E-state index in [1.54, 1.807) is 12.3 Å². The predicted octanol–water partition coefficient (Wildman–Crippen LogP) is 3.81. The van der Waals surface area contributed by atoms with Crippen LogP contribution < -0.4 is 4.90 Å². The van der Waals surface area contributed by atoms with Gasteiger partial charge in [-0.25, -0.2) is 15.0 Å². The lowest BCUT2D eigenvalue weighted by atomic mass is 10.1. The number of anilines is 1. The van der Waals surface area contributed by atoms with Crippen molar-refractivity contribution in [3.63, 3.8) is 0 Å². The molecule has 11 heteroatoms. The van der Waals surface area contributed by atoms with Crippen molar-refractivity contribution in [1.29, 1.82) is 0 Å². The van der Waals surface area contributed by atoms with Gasteiger partial charge < -0.3 is 9.64 Å². The van der Waals surface area contributed by atoms with E-state index in [0.717, 1.165) is 23.5 Å². The van der Waals surface area contributed by atoms with Gasteiger partial charge in [0.2, 0.25) is 5.95 Å². The first-order valence-corrected chi connectivity index (χ1v) is 10.1. The zero-order chi connectivity index (χ0) is 22.5. The molecule has 5 rings (SSSR count). The number of H-pyrrole nitrogens is 1. The number of aromatic amines is 1. The molecule has 1 aliphatic heterocycles. The monoisotopic (exact) mass is 443 g/mol. The van der Waals surface area contributed by atoms with Gasteiger partial charge in [0.05, 0.1) is 41.5 Å². The summed E-state index contributed by atoms with van der Waals surface area (Å²) in [4.78, 5) is 15.3. The third-order valence-electron chi connectivity index (χ3n) is 5.50. The van der Waals surface area contributed by atoms with Crippen LogP contribution in [0.25, 0.3) is 17.0 Å². The van der Waals surface area contributed by atoms with Crippen LogP contribution in [0.5, 0.6) is 0 Å². The van der Waals surface area contributed by atoms with E-state index in [4.69, 9.17) is 4.74 Å². The summed E-state index contributed by atoms with van der Waals surface area (Å²) in [6.45, 7) is 5.00. The number of pyridine rings is 1. The highest BCUT2D eigenvalue weighted by Crippen LogP contribution is 2.32. The number of hydrogen-bond acceptors (Lipinski definition) is 6. The number of hydrogen-bond donors (Lipinski definition) is 1. The van der Waals surface area contributed by atoms with E-state index in [1.807, 2.05) is 24.9 Å². The minimum Gasteiger partial charge on any atom is -0.367 e. The van der Waals surface area contributed by atoms with E-state index in [2.05, 4.69) is 25.1 Å². The number of morpholine rings is 1. The fourth-order valence-electron chi connectivity index (χ4n) is 3.96. The lowest BCUT2D eigenvalue weighted by Crippen LogP contribution is -2.43. The second-order valence-corrected chi connectivity index (χ2v) is 7.80. The van der Waals surface area contributed by atoms with Crippen LogP contribution >= 0.6 is 0 Å². The number of alkyl halides is 3. The third kappa shape index (κ3) is 3.68. The van der Waals surface area contributed by atoms with Crippen LogP contribution in [0.4, 0.5) is 19.1 Å². The quantitative estimate of drug-likeness (QED) is 0.519. The molecule has 0 spiro atoms. The normalized spacial score (nSPS) is 19.6. The summed E-state index contributed by atoms with van der Waals surface area (Å²) in [6, 6.07) is 4.02. The van der Waals surface area contributed by atoms with Gasteiger partial charge in [-0.05, 0) is 32.0 Å². The highest BCUT2D eigenvalue weighted by Gasteiger charge is 2.32. The first-order valence-electron chi connectivity index (χ1n) is 10.1. The van der Waals surface area contributed by atoms with Crippen molar-refractivity contribution in [2.45, 2.75) is 32.2 Å². The number of aromatic nitrogens is 6. The molecule has 2 atom stereocenters. The topological polar surface area (TPSA) is 84.2 Å². The molecular weight excluding hydrogens is 423 g/mol. The van der Waals surface area contributed by atoms with Crippen LogP contribution in [-0.4, -0.2) is 48.7 Å². The summed E-state index contributed by atoms with van der Waals surface area (Å²) in [5.41, 5.74) is 2.43. The molecule has 166 valence electrons. The average Bonchev–Trinajstić information content (AvgIpc) is 3.38. The molecule has 1 N–H and O–H groups in total. The van der Waals surface area contributed by atoms with Gasteiger partial charge >= 0.3 is 6.18 Å². The Morgan fingerprint density at radius 3 is 2.75 bits per heavy atom. The number of rotatable bonds is 3. The molecule has 8 nitrogen and oxygen atoms in total. The molecule has 0 aromatic carbocycles. The Bertz CT molecular complexity index is 1270. The summed E-state index contributed by atoms with van der Waals surface area (Å²) in [5, 5.41) is 7.03. The lowest BCUT2D eigenvalue weighted by molar-refractivity contribution is -0.137. The second kappa shape index (κ2) is 7.59. The number of fused-ring (bicyclic) bond motifs is 1. The van der Waals surface area contributed by atoms with Crippen LogP contribution in [-0.2, 0) is 10.9 Å². The molecule has 1 aliphatic rings. The maximum atomic E-state index is 13.2. The van der Waals surface area contributed by atoms with Crippen LogP contribution in [0.2, 0.25) is 0 Å². The maximum absolute atomic E-state index is 13.2. The number of halogens is 3. The van der Waals surface area contributed by atoms with Crippen molar-refractivity contribution in [3.8, 4) is 11.4 Å². The number of imidazole rings is 1. The van der Waals surface area contributed by atoms with Gasteiger partial charge in [0.15, 0.2) is 0 Å². The molecule has 4 aromatic heterocycles. The molecule has 0 aliphatic carbocycles. The summed E-state index contributed by atoms with van der Waals surface area (Å²) < 4.78 is 47.1. The highest BCUT2D eigenvalue weighted by atomic mass is 19.4. The Morgan fingerprint density at radius 1 is 1.16 bits per heavy atom. The molecule has 1 saturated heterocycles. The van der Waals surface area contributed by atoms with Crippen LogP contribution in [0.3, 0.4) is 0 Å². The van der Waals surface area contributed by atoms with Crippen molar-refractivity contribution in [2.24, 2.45) is 0 Å². The zero-order valence-electron chi connectivity index (χ0n) is 17.3. The molecular formula is C21H20F3N7O. The summed E-state index contributed by atoms with van der Waals surface area (Å²) in [7, 11) is 0. The van der Waals surface area contributed by atoms with Crippen LogP contribution in [0.1, 0.15) is 29.8 Å². The highest BCUT2D eigenvalue weighted by molar-refractivity contribution is 5.61. The Morgan fingerprint density at radius 2 is 2.00 bits per heavy atom. The minimum absolute atomic E-state index is 0.0690. The van der Waals surface area contributed by atoms with Gasteiger partial charge in [0, 0.05) is 30.7 Å². The smallest absolute Gasteiger partial charge is 0.367 e. The number of nitrogens with zero attached hydrogens (tertiary/aromatic N) is 6. The zero-order valence-corrected chi connectivity index (χ0v) is 17.3. The van der Waals surface area contributed by atoms with Gasteiger partial charge in [-0.2, -0.15) is 18.3 Å². The first-order chi connectivity index (χ1) is 15.3. The van der Waals surface area contributed by atoms with Gasteiger partial charge in [-0.15, -0.1) is 0 Å². The van der Waals surface area contributed by atoms with Gasteiger partial charge in [-0.1, -0.05) is 0 Å². The fraction of sp³-hybridized carbons (Fsp3) is 0.333. The first kappa shape index (κ1) is 20.4. The third-order valence-corrected chi connectivity index (χ3v) is 5.50. The molecule has 0 saturated carbocycles. The van der Waals surface area contributed by atoms with Crippen LogP contribution in [0.15, 0.2) is 43.0 Å². The Balaban J connectivity index is 1.49. The number of ether oxygens (including phenoxy) is 1. The molecule has 1 fully saturated rings. The van der Waals surface area contributed by atoms with E-state index in [0.29, 0.717) is 36.1 Å². The van der Waals surface area contributed by atoms with Crippen molar-refractivity contribution >= 4 is 11.6 Å². The fourth-order valence-corrected chi connectivity index (χ4v) is 3.96. The Kier molecular flexibility index (Phi) is 4.85. The Hall–Kier alpha value is -3.47. The van der Waals surface area contributed by atoms with Crippen molar-refractivity contribution in [1.82, 2.24) is 29.5 Å². The van der Waals surface area contributed by atoms with E-state index in [9.17, 15) is 13.2 Å². The molecule has 0 radical (unpaired) electrons. The van der Waals surface area contributed by atoms with Crippen LogP contribution in [0, 0.1) is 6.92 Å². The van der Waals surface area contributed by atoms with Gasteiger partial charge in [-0.3, -0.25) is 9.50 Å². The van der Waals surface area contributed by atoms with E-state index in [-0.39, 0.29) is 12.2 Å². The maximum Gasteiger partial charge on any atom is 0.417 e. The van der Waals surface area contributed by atoms with E-state index >= 15 is 0 Å². The average molecular weight is 443 g/mol. The van der Waals surface area contributed by atoms with Crippen molar-refractivity contribution < 1.29 is 17.9 Å². The second-order valence-electron chi connectivity index (χ2n) is 7.80. The standard InChI is InChI=1S/C21H20F3N7O/c1-12-9-30(11-18(32-12)15-7-27-29-13(15)2)20-25-6-5-16(28-20)17-8-26-19-4-3-14(10-31(17)19)21(22,23)24/h3-8,10,12,18H,9,11H2,1-2H3,(H,27,29). The minimum atomic E-state index is -4.45. The van der Waals surface area contributed by atoms with E-state index < -0.39 is 11.7 Å².